The van der Waals surface area contributed by atoms with E-state index in [1.165, 1.54) is 18.7 Å². The number of Topliss-reactive ketones (excluding diaryl/α,β-unsaturated/α-hetero) is 1. The number of primary amides is 1. The molecule has 0 bridgehead atoms. The summed E-state index contributed by atoms with van der Waals surface area (Å²) in [5.74, 6) is -10.7. The predicted octanol–water partition coefficient (Wildman–Crippen LogP) is 1.40. The molecule has 1 fully saturated rings. The van der Waals surface area contributed by atoms with E-state index >= 15 is 4.39 Å². The van der Waals surface area contributed by atoms with Crippen LogP contribution in [0.4, 0.5) is 8.78 Å². The fourth-order valence-electron chi connectivity index (χ4n) is 8.70. The van der Waals surface area contributed by atoms with E-state index in [9.17, 15) is 67.0 Å². The zero-order valence-electron chi connectivity index (χ0n) is 46.2. The normalized spacial score (nSPS) is 14.1. The molecule has 9 N–H and O–H groups in total. The molecule has 10 amide bonds. The molecule has 3 aromatic rings. The van der Waals surface area contributed by atoms with Crippen molar-refractivity contribution >= 4 is 70.8 Å². The number of aliphatic hydroxyl groups is 1. The molecule has 1 aliphatic rings. The summed E-state index contributed by atoms with van der Waals surface area (Å²) in [4.78, 5) is 159. The molecule has 26 heteroatoms. The quantitative estimate of drug-likeness (QED) is 0.0423. The van der Waals surface area contributed by atoms with Gasteiger partial charge >= 0.3 is 5.97 Å². The van der Waals surface area contributed by atoms with Crippen LogP contribution in [0.15, 0.2) is 60.8 Å². The number of nitrogens with two attached hydrogens (primary N) is 1. The highest BCUT2D eigenvalue weighted by Crippen LogP contribution is 2.41. The molecule has 1 aliphatic heterocycles. The van der Waals surface area contributed by atoms with Gasteiger partial charge in [0.25, 0.3) is 11.8 Å². The Bertz CT molecular complexity index is 2790. The Morgan fingerprint density at radius 2 is 1.43 bits per heavy atom. The predicted molar refractivity (Wildman–Crippen MR) is 285 cm³/mol. The summed E-state index contributed by atoms with van der Waals surface area (Å²) in [6.07, 6.45) is -0.148. The third-order valence-corrected chi connectivity index (χ3v) is 12.8. The van der Waals surface area contributed by atoms with Crippen molar-refractivity contribution in [3.8, 4) is 11.1 Å². The topological polar surface area (TPSA) is 344 Å². The van der Waals surface area contributed by atoms with Crippen LogP contribution in [-0.2, 0) is 68.9 Å². The van der Waals surface area contributed by atoms with Gasteiger partial charge in [0.05, 0.1) is 19.0 Å². The first-order chi connectivity index (χ1) is 38.2. The fraction of sp³-hybridized carbons (Fsp3) is 0.491. The zero-order valence-corrected chi connectivity index (χ0v) is 46.2. The molecule has 1 saturated heterocycles. The van der Waals surface area contributed by atoms with Crippen molar-refractivity contribution in [2.24, 2.45) is 11.1 Å². The van der Waals surface area contributed by atoms with Crippen molar-refractivity contribution in [2.45, 2.75) is 143 Å². The van der Waals surface area contributed by atoms with E-state index in [4.69, 9.17) is 10.6 Å². The summed E-state index contributed by atoms with van der Waals surface area (Å²) >= 11 is 0. The molecule has 5 atom stereocenters. The lowest BCUT2D eigenvalue weighted by atomic mass is 9.82. The minimum atomic E-state index is -1.78. The van der Waals surface area contributed by atoms with Gasteiger partial charge in [-0.1, -0.05) is 51.1 Å². The van der Waals surface area contributed by atoms with Crippen LogP contribution in [0.5, 0.6) is 0 Å². The van der Waals surface area contributed by atoms with Crippen LogP contribution in [-0.4, -0.2) is 141 Å². The van der Waals surface area contributed by atoms with Crippen molar-refractivity contribution < 1.29 is 76.3 Å². The summed E-state index contributed by atoms with van der Waals surface area (Å²) in [5.41, 5.74) is 6.00. The second-order valence-electron chi connectivity index (χ2n) is 20.7. The van der Waals surface area contributed by atoms with Crippen molar-refractivity contribution in [1.82, 2.24) is 46.4 Å². The van der Waals surface area contributed by atoms with Gasteiger partial charge in [-0.15, -0.1) is 5.06 Å². The van der Waals surface area contributed by atoms with Crippen LogP contribution in [0.3, 0.4) is 0 Å². The molecule has 81 heavy (non-hydrogen) atoms. The van der Waals surface area contributed by atoms with Gasteiger partial charge in [-0.2, -0.15) is 0 Å². The van der Waals surface area contributed by atoms with E-state index in [-0.39, 0.29) is 87.5 Å². The molecule has 1 aromatic heterocycles. The molecule has 5 unspecified atom stereocenters. The Hall–Kier alpha value is -8.42. The van der Waals surface area contributed by atoms with Crippen LogP contribution < -0.4 is 37.6 Å². The Balaban J connectivity index is 1.56. The number of amides is 10. The highest BCUT2D eigenvalue weighted by molar-refractivity contribution is 6.01. The number of imide groups is 1. The standard InChI is InChI=1S/C55H72F2N10O14/c1-32(15-16-33(2)69)61-45(72)21-23-59-53(79)40(63-54(80)41(27-43(58)70)64-52(78)34(3)62-46(73)28-60-44(71)13-10-14-50(77)81-67-47(74)19-20-48(67)75)22-24-66(49(76)31-68)51(55(4,5)6)42-25-36(38-26-37(56)17-18-39(38)57)30-65(42)29-35-11-8-7-9-12-35/h7-9,11-12,17-18,25-26,30,32,34,40-41,51,68H,10,13-16,19-24,27-29,31H2,1-6H3,(H2,58,70)(H,59,79)(H,60,71)(H,61,72)(H,62,73)(H,63,80)(H,64,78). The first kappa shape index (κ1) is 65.1. The SMILES string of the molecule is CC(=O)CCC(C)NC(=O)CCNC(=O)C(CCN(C(=O)CO)C(c1cc(-c2cc(F)ccc2F)cn1Cc1ccccc1)C(C)(C)C)NC(=O)C(CC(N)=O)NC(=O)C(C)NC(=O)CNC(=O)CCCC(=O)ON1C(=O)CCC1=O. The van der Waals surface area contributed by atoms with Gasteiger partial charge in [-0.3, -0.25) is 47.9 Å². The number of halogens is 2. The lowest BCUT2D eigenvalue weighted by Gasteiger charge is -2.41. The Morgan fingerprint density at radius 3 is 2.06 bits per heavy atom. The number of ketones is 1. The Labute approximate surface area is 466 Å². The van der Waals surface area contributed by atoms with Crippen molar-refractivity contribution in [3.05, 3.63) is 83.7 Å². The van der Waals surface area contributed by atoms with E-state index in [0.29, 0.717) is 17.2 Å². The van der Waals surface area contributed by atoms with Crippen molar-refractivity contribution in [1.29, 1.82) is 0 Å². The molecule has 24 nitrogen and oxygen atoms in total. The van der Waals surface area contributed by atoms with Gasteiger partial charge < -0.3 is 61.8 Å². The smallest absolute Gasteiger partial charge is 0.333 e. The first-order valence-electron chi connectivity index (χ1n) is 26.3. The maximum absolute atomic E-state index is 15.4. The first-order valence-corrected chi connectivity index (χ1v) is 26.3. The maximum Gasteiger partial charge on any atom is 0.333 e. The second kappa shape index (κ2) is 30.8. The third kappa shape index (κ3) is 21.0. The molecule has 0 saturated carbocycles. The van der Waals surface area contributed by atoms with Gasteiger partial charge in [0.1, 0.15) is 42.2 Å². The highest BCUT2D eigenvalue weighted by atomic mass is 19.1. The molecule has 440 valence electrons. The molecule has 4 rings (SSSR count). The third-order valence-electron chi connectivity index (χ3n) is 12.8. The number of hydrogen-bond donors (Lipinski definition) is 8. The molecule has 2 aromatic carbocycles. The summed E-state index contributed by atoms with van der Waals surface area (Å²) in [6, 6.07) is 7.56. The fourth-order valence-corrected chi connectivity index (χ4v) is 8.70. The van der Waals surface area contributed by atoms with Gasteiger partial charge in [0.2, 0.25) is 47.3 Å². The number of hydrogen-bond acceptors (Lipinski definition) is 14. The average Bonchev–Trinajstić information content (AvgIpc) is 4.21. The molecule has 0 spiro atoms. The van der Waals surface area contributed by atoms with Gasteiger partial charge in [-0.25, -0.2) is 13.6 Å². The van der Waals surface area contributed by atoms with E-state index in [0.717, 1.165) is 23.8 Å². The van der Waals surface area contributed by atoms with Gasteiger partial charge in [0.15, 0.2) is 0 Å². The minimum Gasteiger partial charge on any atom is -0.387 e. The number of benzene rings is 2. The van der Waals surface area contributed by atoms with Crippen LogP contribution in [0, 0.1) is 17.0 Å². The number of nitrogens with one attached hydrogen (secondary N) is 6. The Morgan fingerprint density at radius 1 is 0.765 bits per heavy atom. The van der Waals surface area contributed by atoms with Crippen molar-refractivity contribution in [3.63, 3.8) is 0 Å². The molecular formula is C55H72F2N10O14. The minimum absolute atomic E-state index is 0.0690. The second-order valence-corrected chi connectivity index (χ2v) is 20.7. The van der Waals surface area contributed by atoms with Crippen LogP contribution in [0.2, 0.25) is 0 Å². The lowest BCUT2D eigenvalue weighted by Crippen LogP contribution is -2.58. The molecule has 0 radical (unpaired) electrons. The number of rotatable bonds is 31. The number of carbonyl (C=O) groups is 12. The number of hydroxylamine groups is 2. The van der Waals surface area contributed by atoms with Gasteiger partial charge in [-0.05, 0) is 75.3 Å². The Kier molecular flexibility index (Phi) is 24.8. The van der Waals surface area contributed by atoms with E-state index in [1.54, 1.807) is 44.5 Å². The van der Waals surface area contributed by atoms with E-state index < -0.39 is 132 Å². The summed E-state index contributed by atoms with van der Waals surface area (Å²) in [7, 11) is 0. The van der Waals surface area contributed by atoms with Crippen LogP contribution in [0.1, 0.15) is 123 Å². The number of carbonyl (C=O) groups excluding carboxylic acids is 12. The number of nitrogens with zero attached hydrogens (tertiary/aromatic N) is 3. The highest BCUT2D eigenvalue weighted by Gasteiger charge is 2.39. The van der Waals surface area contributed by atoms with Crippen molar-refractivity contribution in [2.75, 3.05) is 26.2 Å². The number of aromatic nitrogens is 1. The largest absolute Gasteiger partial charge is 0.387 e. The molecule has 2 heterocycles. The van der Waals surface area contributed by atoms with E-state index in [1.807, 2.05) is 30.3 Å². The average molecular weight is 1140 g/mol. The summed E-state index contributed by atoms with van der Waals surface area (Å²) in [6.45, 7) is 7.60. The summed E-state index contributed by atoms with van der Waals surface area (Å²) in [5, 5.41) is 25.6. The van der Waals surface area contributed by atoms with Crippen LogP contribution >= 0.6 is 0 Å². The van der Waals surface area contributed by atoms with E-state index in [2.05, 4.69) is 31.9 Å². The monoisotopic (exact) mass is 1130 g/mol. The molecule has 0 aliphatic carbocycles. The lowest BCUT2D eigenvalue weighted by molar-refractivity contribution is -0.197. The summed E-state index contributed by atoms with van der Waals surface area (Å²) < 4.78 is 31.8. The number of aliphatic hydroxyl groups excluding tert-OH is 1. The van der Waals surface area contributed by atoms with Crippen LogP contribution in [0.25, 0.3) is 11.1 Å². The zero-order chi connectivity index (χ0) is 60.1. The molecular weight excluding hydrogens is 1060 g/mol. The van der Waals surface area contributed by atoms with Gasteiger partial charge in [0, 0.05) is 87.2 Å². The maximum atomic E-state index is 15.4.